The Morgan fingerprint density at radius 2 is 2.08 bits per heavy atom. The first-order valence-corrected chi connectivity index (χ1v) is 8.39. The first-order valence-electron chi connectivity index (χ1n) is 8.39. The van der Waals surface area contributed by atoms with Gasteiger partial charge in [-0.1, -0.05) is 31.1 Å². The lowest BCUT2D eigenvalue weighted by molar-refractivity contribution is 0.0939. The van der Waals surface area contributed by atoms with E-state index in [4.69, 9.17) is 9.26 Å². The van der Waals surface area contributed by atoms with E-state index in [1.807, 2.05) is 52.2 Å². The topological polar surface area (TPSA) is 67.6 Å². The summed E-state index contributed by atoms with van der Waals surface area (Å²) in [6.45, 7) is 6.22. The molecule has 136 valence electrons. The SMILES string of the molecule is COc1cccc(C(CNC(=O)c2c(C)noc2C(C)C)N(C)C)c1. The average molecular weight is 345 g/mol. The summed E-state index contributed by atoms with van der Waals surface area (Å²) in [6.07, 6.45) is 0. The minimum atomic E-state index is -0.155. The van der Waals surface area contributed by atoms with Crippen LogP contribution in [-0.2, 0) is 0 Å². The van der Waals surface area contributed by atoms with Gasteiger partial charge in [-0.15, -0.1) is 0 Å². The number of ether oxygens (including phenoxy) is 1. The summed E-state index contributed by atoms with van der Waals surface area (Å²) >= 11 is 0. The van der Waals surface area contributed by atoms with E-state index in [-0.39, 0.29) is 17.9 Å². The lowest BCUT2D eigenvalue weighted by Gasteiger charge is -2.25. The third kappa shape index (κ3) is 4.39. The van der Waals surface area contributed by atoms with Gasteiger partial charge in [0.15, 0.2) is 5.76 Å². The zero-order valence-corrected chi connectivity index (χ0v) is 15.8. The first-order chi connectivity index (χ1) is 11.8. The fraction of sp³-hybridized carbons (Fsp3) is 0.474. The van der Waals surface area contributed by atoms with Gasteiger partial charge in [-0.25, -0.2) is 0 Å². The van der Waals surface area contributed by atoms with Crippen LogP contribution in [0.4, 0.5) is 0 Å². The molecule has 0 bridgehead atoms. The average Bonchev–Trinajstić information content (AvgIpc) is 2.96. The third-order valence-electron chi connectivity index (χ3n) is 4.20. The van der Waals surface area contributed by atoms with Crippen molar-refractivity contribution < 1.29 is 14.1 Å². The molecule has 0 aliphatic heterocycles. The third-order valence-corrected chi connectivity index (χ3v) is 4.20. The second-order valence-corrected chi connectivity index (χ2v) is 6.63. The molecule has 25 heavy (non-hydrogen) atoms. The second-order valence-electron chi connectivity index (χ2n) is 6.63. The second kappa shape index (κ2) is 8.16. The number of benzene rings is 1. The van der Waals surface area contributed by atoms with Gasteiger partial charge in [0.1, 0.15) is 11.3 Å². The van der Waals surface area contributed by atoms with Gasteiger partial charge in [-0.05, 0) is 38.7 Å². The van der Waals surface area contributed by atoms with Crippen LogP contribution in [-0.4, -0.2) is 43.7 Å². The zero-order valence-electron chi connectivity index (χ0n) is 15.8. The van der Waals surface area contributed by atoms with Gasteiger partial charge in [0.05, 0.1) is 18.8 Å². The van der Waals surface area contributed by atoms with Crippen LogP contribution in [0.25, 0.3) is 0 Å². The molecule has 6 heteroatoms. The molecule has 1 aromatic carbocycles. The maximum absolute atomic E-state index is 12.7. The molecule has 1 atom stereocenters. The predicted molar refractivity (Wildman–Crippen MR) is 97.1 cm³/mol. The molecule has 0 fully saturated rings. The maximum atomic E-state index is 12.7. The molecule has 1 N–H and O–H groups in total. The highest BCUT2D eigenvalue weighted by atomic mass is 16.5. The first kappa shape index (κ1) is 19.0. The summed E-state index contributed by atoms with van der Waals surface area (Å²) in [5.74, 6) is 1.37. The van der Waals surface area contributed by atoms with Gasteiger partial charge in [-0.2, -0.15) is 0 Å². The monoisotopic (exact) mass is 345 g/mol. The van der Waals surface area contributed by atoms with Crippen LogP contribution in [0, 0.1) is 6.92 Å². The number of carbonyl (C=O) groups excluding carboxylic acids is 1. The highest BCUT2D eigenvalue weighted by Crippen LogP contribution is 2.24. The smallest absolute Gasteiger partial charge is 0.256 e. The Hall–Kier alpha value is -2.34. The van der Waals surface area contributed by atoms with Crippen molar-refractivity contribution in [2.45, 2.75) is 32.7 Å². The van der Waals surface area contributed by atoms with Crippen LogP contribution >= 0.6 is 0 Å². The standard InChI is InChI=1S/C19H27N3O3/c1-12(2)18-17(13(3)21-25-18)19(23)20-11-16(22(4)5)14-8-7-9-15(10-14)24-6/h7-10,12,16H,11H2,1-6H3,(H,20,23). The molecule has 0 radical (unpaired) electrons. The summed E-state index contributed by atoms with van der Waals surface area (Å²) in [4.78, 5) is 14.7. The largest absolute Gasteiger partial charge is 0.497 e. The number of rotatable bonds is 7. The van der Waals surface area contributed by atoms with Crippen molar-refractivity contribution in [2.24, 2.45) is 0 Å². The molecule has 1 amide bonds. The van der Waals surface area contributed by atoms with Crippen LogP contribution < -0.4 is 10.1 Å². The maximum Gasteiger partial charge on any atom is 0.256 e. The molecular formula is C19H27N3O3. The van der Waals surface area contributed by atoms with Gasteiger partial charge in [0, 0.05) is 12.5 Å². The van der Waals surface area contributed by atoms with Crippen LogP contribution in [0.5, 0.6) is 5.75 Å². The Morgan fingerprint density at radius 3 is 2.68 bits per heavy atom. The molecule has 2 rings (SSSR count). The summed E-state index contributed by atoms with van der Waals surface area (Å²) in [6, 6.07) is 7.91. The summed E-state index contributed by atoms with van der Waals surface area (Å²) in [7, 11) is 5.62. The van der Waals surface area contributed by atoms with Gasteiger partial charge in [0.25, 0.3) is 5.91 Å². The van der Waals surface area contributed by atoms with Gasteiger partial charge < -0.3 is 19.5 Å². The normalized spacial score (nSPS) is 12.5. The lowest BCUT2D eigenvalue weighted by atomic mass is 10.0. The fourth-order valence-corrected chi connectivity index (χ4v) is 2.78. The number of amides is 1. The Morgan fingerprint density at radius 1 is 1.36 bits per heavy atom. The molecule has 0 aliphatic rings. The number of aromatic nitrogens is 1. The summed E-state index contributed by atoms with van der Waals surface area (Å²) < 4.78 is 10.6. The quantitative estimate of drug-likeness (QED) is 0.835. The number of hydrogen-bond acceptors (Lipinski definition) is 5. The van der Waals surface area contributed by atoms with E-state index in [1.165, 1.54) is 0 Å². The number of methoxy groups -OCH3 is 1. The number of nitrogens with one attached hydrogen (secondary N) is 1. The molecule has 0 saturated heterocycles. The molecule has 6 nitrogen and oxygen atoms in total. The number of carbonyl (C=O) groups is 1. The van der Waals surface area contributed by atoms with Gasteiger partial charge in [0.2, 0.25) is 0 Å². The van der Waals surface area contributed by atoms with Crippen molar-refractivity contribution >= 4 is 5.91 Å². The zero-order chi connectivity index (χ0) is 18.6. The number of aryl methyl sites for hydroxylation is 1. The van der Waals surface area contributed by atoms with E-state index in [0.29, 0.717) is 23.6 Å². The summed E-state index contributed by atoms with van der Waals surface area (Å²) in [5, 5.41) is 6.96. The molecule has 1 aromatic heterocycles. The summed E-state index contributed by atoms with van der Waals surface area (Å²) in [5.41, 5.74) is 2.23. The Bertz CT molecular complexity index is 722. The van der Waals surface area contributed by atoms with Crippen LogP contribution in [0.2, 0.25) is 0 Å². The van der Waals surface area contributed by atoms with Crippen molar-refractivity contribution in [1.29, 1.82) is 0 Å². The minimum absolute atomic E-state index is 0.0294. The molecule has 1 heterocycles. The van der Waals surface area contributed by atoms with Crippen molar-refractivity contribution in [1.82, 2.24) is 15.4 Å². The van der Waals surface area contributed by atoms with Gasteiger partial charge in [-0.3, -0.25) is 4.79 Å². The molecule has 0 aliphatic carbocycles. The Labute approximate surface area is 149 Å². The lowest BCUT2D eigenvalue weighted by Crippen LogP contribution is -2.35. The predicted octanol–water partition coefficient (Wildman–Crippen LogP) is 3.15. The molecule has 1 unspecified atom stereocenters. The minimum Gasteiger partial charge on any atom is -0.497 e. The highest BCUT2D eigenvalue weighted by Gasteiger charge is 2.24. The van der Waals surface area contributed by atoms with E-state index in [9.17, 15) is 4.79 Å². The molecular weight excluding hydrogens is 318 g/mol. The van der Waals surface area contributed by atoms with E-state index in [2.05, 4.69) is 15.4 Å². The van der Waals surface area contributed by atoms with E-state index in [0.717, 1.165) is 11.3 Å². The Balaban J connectivity index is 2.16. The van der Waals surface area contributed by atoms with Crippen LogP contribution in [0.1, 0.15) is 53.2 Å². The van der Waals surface area contributed by atoms with Crippen molar-refractivity contribution in [3.8, 4) is 5.75 Å². The molecule has 2 aromatic rings. The van der Waals surface area contributed by atoms with Crippen molar-refractivity contribution in [3.05, 3.63) is 46.8 Å². The van der Waals surface area contributed by atoms with Gasteiger partial charge >= 0.3 is 0 Å². The number of nitrogens with zero attached hydrogens (tertiary/aromatic N) is 2. The number of likely N-dealkylation sites (N-methyl/N-ethyl adjacent to an activating group) is 1. The van der Waals surface area contributed by atoms with E-state index < -0.39 is 0 Å². The van der Waals surface area contributed by atoms with Crippen molar-refractivity contribution in [2.75, 3.05) is 27.7 Å². The molecule has 0 spiro atoms. The highest BCUT2D eigenvalue weighted by molar-refractivity contribution is 5.96. The Kier molecular flexibility index (Phi) is 6.20. The van der Waals surface area contributed by atoms with Crippen molar-refractivity contribution in [3.63, 3.8) is 0 Å². The fourth-order valence-electron chi connectivity index (χ4n) is 2.78. The van der Waals surface area contributed by atoms with Crippen LogP contribution in [0.15, 0.2) is 28.8 Å². The molecule has 0 saturated carbocycles. The number of hydrogen-bond donors (Lipinski definition) is 1. The van der Waals surface area contributed by atoms with E-state index >= 15 is 0 Å². The van der Waals surface area contributed by atoms with E-state index in [1.54, 1.807) is 14.0 Å². The van der Waals surface area contributed by atoms with Crippen LogP contribution in [0.3, 0.4) is 0 Å².